The summed E-state index contributed by atoms with van der Waals surface area (Å²) in [5.41, 5.74) is 2.60. The summed E-state index contributed by atoms with van der Waals surface area (Å²) in [6.07, 6.45) is 1.49. The SMILES string of the molecule is CCc1ccc(/C(O)=C2/C(=O)C(=O)N(CCCOC)C2c2ccccc2)cc1. The third-order valence-corrected chi connectivity index (χ3v) is 5.04. The normalized spacial score (nSPS) is 18.6. The standard InChI is InChI=1S/C23H25NO4/c1-3-16-10-12-18(13-11-16)21(25)19-20(17-8-5-4-6-9-17)24(14-7-15-28-2)23(27)22(19)26/h4-6,8-13,20,25H,3,7,14-15H2,1-2H3/b21-19-. The van der Waals surface area contributed by atoms with Crippen molar-refractivity contribution in [2.45, 2.75) is 25.8 Å². The number of amides is 1. The first-order valence-corrected chi connectivity index (χ1v) is 9.50. The van der Waals surface area contributed by atoms with Gasteiger partial charge in [0, 0.05) is 25.8 Å². The number of likely N-dealkylation sites (tertiary alicyclic amines) is 1. The van der Waals surface area contributed by atoms with Gasteiger partial charge in [0.1, 0.15) is 5.76 Å². The van der Waals surface area contributed by atoms with Crippen LogP contribution in [0, 0.1) is 0 Å². The van der Waals surface area contributed by atoms with Gasteiger partial charge in [-0.05, 0) is 24.0 Å². The first-order valence-electron chi connectivity index (χ1n) is 9.50. The van der Waals surface area contributed by atoms with Crippen LogP contribution in [0.2, 0.25) is 0 Å². The maximum atomic E-state index is 12.8. The van der Waals surface area contributed by atoms with Crippen molar-refractivity contribution in [2.24, 2.45) is 0 Å². The lowest BCUT2D eigenvalue weighted by atomic mass is 9.95. The lowest BCUT2D eigenvalue weighted by Gasteiger charge is -2.25. The summed E-state index contributed by atoms with van der Waals surface area (Å²) in [7, 11) is 1.60. The number of hydrogen-bond donors (Lipinski definition) is 1. The number of aryl methyl sites for hydroxylation is 1. The Bertz CT molecular complexity index is 871. The fraction of sp³-hybridized carbons (Fsp3) is 0.304. The molecule has 0 bridgehead atoms. The molecular formula is C23H25NO4. The quantitative estimate of drug-likeness (QED) is 0.345. The maximum absolute atomic E-state index is 12.8. The van der Waals surface area contributed by atoms with Crippen LogP contribution in [0.5, 0.6) is 0 Å². The number of aliphatic hydroxyl groups excluding tert-OH is 1. The third-order valence-electron chi connectivity index (χ3n) is 5.04. The Kier molecular flexibility index (Phi) is 6.26. The summed E-state index contributed by atoms with van der Waals surface area (Å²) in [6, 6.07) is 16.1. The van der Waals surface area contributed by atoms with Crippen LogP contribution in [0.3, 0.4) is 0 Å². The number of Topliss-reactive ketones (excluding diaryl/α,β-unsaturated/α-hetero) is 1. The second kappa shape index (κ2) is 8.85. The van der Waals surface area contributed by atoms with Gasteiger partial charge in [0.15, 0.2) is 0 Å². The van der Waals surface area contributed by atoms with Crippen LogP contribution in [-0.4, -0.2) is 42.0 Å². The maximum Gasteiger partial charge on any atom is 0.295 e. The molecule has 0 radical (unpaired) electrons. The Hall–Kier alpha value is -2.92. The van der Waals surface area contributed by atoms with Gasteiger partial charge >= 0.3 is 0 Å². The number of ether oxygens (including phenoxy) is 1. The van der Waals surface area contributed by atoms with Crippen molar-refractivity contribution in [2.75, 3.05) is 20.3 Å². The molecule has 0 spiro atoms. The number of ketones is 1. The van der Waals surface area contributed by atoms with Crippen molar-refractivity contribution in [1.82, 2.24) is 4.90 Å². The Labute approximate surface area is 165 Å². The number of nitrogens with zero attached hydrogens (tertiary/aromatic N) is 1. The zero-order chi connectivity index (χ0) is 20.1. The molecule has 1 atom stereocenters. The number of methoxy groups -OCH3 is 1. The van der Waals surface area contributed by atoms with Crippen LogP contribution in [0.25, 0.3) is 5.76 Å². The van der Waals surface area contributed by atoms with Gasteiger partial charge in [0.2, 0.25) is 0 Å². The molecule has 1 aliphatic rings. The molecule has 1 saturated heterocycles. The monoisotopic (exact) mass is 379 g/mol. The van der Waals surface area contributed by atoms with Gasteiger partial charge in [0.25, 0.3) is 11.7 Å². The minimum absolute atomic E-state index is 0.135. The van der Waals surface area contributed by atoms with E-state index in [4.69, 9.17) is 4.74 Å². The van der Waals surface area contributed by atoms with Gasteiger partial charge in [-0.25, -0.2) is 0 Å². The fourth-order valence-corrected chi connectivity index (χ4v) is 3.53. The number of benzene rings is 2. The van der Waals surface area contributed by atoms with E-state index in [9.17, 15) is 14.7 Å². The predicted octanol–water partition coefficient (Wildman–Crippen LogP) is 3.71. The molecule has 5 nitrogen and oxygen atoms in total. The molecule has 2 aromatic rings. The number of rotatable bonds is 7. The van der Waals surface area contributed by atoms with Gasteiger partial charge in [-0.1, -0.05) is 61.5 Å². The van der Waals surface area contributed by atoms with E-state index in [0.29, 0.717) is 25.1 Å². The molecule has 0 aromatic heterocycles. The molecule has 1 heterocycles. The third kappa shape index (κ3) is 3.85. The van der Waals surface area contributed by atoms with E-state index in [1.165, 1.54) is 4.90 Å². The lowest BCUT2D eigenvalue weighted by Crippen LogP contribution is -2.31. The number of hydrogen-bond acceptors (Lipinski definition) is 4. The van der Waals surface area contributed by atoms with Crippen LogP contribution in [0.1, 0.15) is 36.1 Å². The van der Waals surface area contributed by atoms with Crippen LogP contribution < -0.4 is 0 Å². The summed E-state index contributed by atoms with van der Waals surface area (Å²) < 4.78 is 5.09. The molecule has 1 fully saturated rings. The topological polar surface area (TPSA) is 66.8 Å². The van der Waals surface area contributed by atoms with Crippen molar-refractivity contribution in [3.8, 4) is 0 Å². The lowest BCUT2D eigenvalue weighted by molar-refractivity contribution is -0.140. The molecule has 1 aliphatic heterocycles. The first-order chi connectivity index (χ1) is 13.6. The highest BCUT2D eigenvalue weighted by Gasteiger charge is 2.45. The van der Waals surface area contributed by atoms with Crippen LogP contribution in [0.4, 0.5) is 0 Å². The Balaban J connectivity index is 2.07. The second-order valence-corrected chi connectivity index (χ2v) is 6.80. The molecule has 1 amide bonds. The minimum atomic E-state index is -0.650. The smallest absolute Gasteiger partial charge is 0.295 e. The molecule has 1 unspecified atom stereocenters. The molecule has 5 heteroatoms. The molecule has 1 N–H and O–H groups in total. The van der Waals surface area contributed by atoms with Crippen LogP contribution in [-0.2, 0) is 20.7 Å². The molecule has 3 rings (SSSR count). The van der Waals surface area contributed by atoms with Gasteiger partial charge in [-0.15, -0.1) is 0 Å². The molecule has 0 saturated carbocycles. The highest BCUT2D eigenvalue weighted by atomic mass is 16.5. The Morgan fingerprint density at radius 2 is 1.75 bits per heavy atom. The summed E-state index contributed by atoms with van der Waals surface area (Å²) in [5.74, 6) is -1.37. The second-order valence-electron chi connectivity index (χ2n) is 6.80. The largest absolute Gasteiger partial charge is 0.507 e. The molecule has 146 valence electrons. The van der Waals surface area contributed by atoms with Gasteiger partial charge < -0.3 is 14.7 Å². The summed E-state index contributed by atoms with van der Waals surface area (Å²) in [5, 5.41) is 10.9. The van der Waals surface area contributed by atoms with Crippen molar-refractivity contribution in [3.05, 3.63) is 76.9 Å². The minimum Gasteiger partial charge on any atom is -0.507 e. The van der Waals surface area contributed by atoms with E-state index in [2.05, 4.69) is 6.92 Å². The first kappa shape index (κ1) is 19.8. The molecular weight excluding hydrogens is 354 g/mol. The van der Waals surface area contributed by atoms with Crippen LogP contribution >= 0.6 is 0 Å². The zero-order valence-electron chi connectivity index (χ0n) is 16.2. The number of aliphatic hydroxyl groups is 1. The Morgan fingerprint density at radius 3 is 2.36 bits per heavy atom. The van der Waals surface area contributed by atoms with E-state index >= 15 is 0 Å². The summed E-state index contributed by atoms with van der Waals surface area (Å²) in [4.78, 5) is 27.1. The number of carbonyl (C=O) groups is 2. The van der Waals surface area contributed by atoms with Crippen molar-refractivity contribution < 1.29 is 19.4 Å². The van der Waals surface area contributed by atoms with E-state index in [0.717, 1.165) is 17.5 Å². The van der Waals surface area contributed by atoms with Crippen molar-refractivity contribution >= 4 is 17.4 Å². The Morgan fingerprint density at radius 1 is 1.07 bits per heavy atom. The van der Waals surface area contributed by atoms with E-state index in [1.807, 2.05) is 42.5 Å². The number of carbonyl (C=O) groups excluding carboxylic acids is 2. The van der Waals surface area contributed by atoms with Crippen LogP contribution in [0.15, 0.2) is 60.2 Å². The summed E-state index contributed by atoms with van der Waals surface area (Å²) in [6.45, 7) is 2.92. The molecule has 2 aromatic carbocycles. The van der Waals surface area contributed by atoms with E-state index < -0.39 is 17.7 Å². The molecule has 28 heavy (non-hydrogen) atoms. The van der Waals surface area contributed by atoms with Crippen molar-refractivity contribution in [1.29, 1.82) is 0 Å². The van der Waals surface area contributed by atoms with E-state index in [1.54, 1.807) is 19.2 Å². The predicted molar refractivity (Wildman–Crippen MR) is 108 cm³/mol. The average molecular weight is 379 g/mol. The van der Waals surface area contributed by atoms with Gasteiger partial charge in [0.05, 0.1) is 11.6 Å². The van der Waals surface area contributed by atoms with E-state index in [-0.39, 0.29) is 11.3 Å². The van der Waals surface area contributed by atoms with Crippen molar-refractivity contribution in [3.63, 3.8) is 0 Å². The van der Waals surface area contributed by atoms with Gasteiger partial charge in [-0.3, -0.25) is 9.59 Å². The average Bonchev–Trinajstić information content (AvgIpc) is 2.99. The fourth-order valence-electron chi connectivity index (χ4n) is 3.53. The zero-order valence-corrected chi connectivity index (χ0v) is 16.2. The summed E-state index contributed by atoms with van der Waals surface area (Å²) >= 11 is 0. The molecule has 0 aliphatic carbocycles. The highest BCUT2D eigenvalue weighted by Crippen LogP contribution is 2.39. The van der Waals surface area contributed by atoms with Gasteiger partial charge in [-0.2, -0.15) is 0 Å². The highest BCUT2D eigenvalue weighted by molar-refractivity contribution is 6.46.